The van der Waals surface area contributed by atoms with Gasteiger partial charge in [0.1, 0.15) is 5.16 Å². The zero-order chi connectivity index (χ0) is 18.3. The van der Waals surface area contributed by atoms with Gasteiger partial charge in [-0.05, 0) is 50.7 Å². The summed E-state index contributed by atoms with van der Waals surface area (Å²) in [6.45, 7) is 12.4. The lowest BCUT2D eigenvalue weighted by Gasteiger charge is -2.29. The molecule has 0 aliphatic carbocycles. The summed E-state index contributed by atoms with van der Waals surface area (Å²) in [6, 6.07) is 4.11. The summed E-state index contributed by atoms with van der Waals surface area (Å²) in [4.78, 5) is 13.4. The first-order chi connectivity index (χ1) is 11.3. The van der Waals surface area contributed by atoms with E-state index in [2.05, 4.69) is 32.9 Å². The Morgan fingerprint density at radius 3 is 2.12 bits per heavy atom. The number of carbonyl (C=O) groups is 1. The molecule has 1 unspecified atom stereocenters. The lowest BCUT2D eigenvalue weighted by Crippen LogP contribution is -2.35. The van der Waals surface area contributed by atoms with Crippen molar-refractivity contribution in [3.05, 3.63) is 34.4 Å². The molecule has 1 aromatic rings. The van der Waals surface area contributed by atoms with Gasteiger partial charge in [0.05, 0.1) is 0 Å². The Labute approximate surface area is 149 Å². The van der Waals surface area contributed by atoms with E-state index in [0.29, 0.717) is 18.8 Å². The third-order valence-electron chi connectivity index (χ3n) is 4.69. The Hall–Kier alpha value is -1.01. The van der Waals surface area contributed by atoms with E-state index in [1.807, 2.05) is 20.8 Å². The number of ketones is 1. The van der Waals surface area contributed by atoms with Crippen LogP contribution in [0.2, 0.25) is 0 Å². The van der Waals surface area contributed by atoms with Crippen LogP contribution in [0.5, 0.6) is 0 Å². The number of hydrogen-bond acceptors (Lipinski definition) is 2. The summed E-state index contributed by atoms with van der Waals surface area (Å²) < 4.78 is 12.2. The maximum Gasteiger partial charge on any atom is 0.181 e. The van der Waals surface area contributed by atoms with Crippen molar-refractivity contribution in [3.8, 4) is 0 Å². The SMILES string of the molecule is CCCCCCC(CC(C)C)(P=O)C(=O)c1c(C)cc(C)cc1C. The predicted molar refractivity (Wildman–Crippen MR) is 104 cm³/mol. The molecule has 0 aliphatic rings. The fourth-order valence-electron chi connectivity index (χ4n) is 3.72. The van der Waals surface area contributed by atoms with E-state index in [0.717, 1.165) is 36.0 Å². The van der Waals surface area contributed by atoms with Crippen molar-refractivity contribution in [2.75, 3.05) is 0 Å². The molecule has 0 radical (unpaired) electrons. The molecule has 0 aliphatic heterocycles. The normalized spacial score (nSPS) is 14.1. The highest BCUT2D eigenvalue weighted by Crippen LogP contribution is 2.40. The quantitative estimate of drug-likeness (QED) is 0.263. The van der Waals surface area contributed by atoms with E-state index in [-0.39, 0.29) is 14.2 Å². The fourth-order valence-corrected chi connectivity index (χ4v) is 4.61. The highest BCUT2D eigenvalue weighted by molar-refractivity contribution is 7.28. The molecule has 0 heterocycles. The van der Waals surface area contributed by atoms with Crippen LogP contribution in [0.4, 0.5) is 0 Å². The van der Waals surface area contributed by atoms with Gasteiger partial charge in [0, 0.05) is 5.56 Å². The second-order valence-corrected chi connectivity index (χ2v) is 8.67. The molecule has 24 heavy (non-hydrogen) atoms. The smallest absolute Gasteiger partial charge is 0.181 e. The second-order valence-electron chi connectivity index (χ2n) is 7.63. The van der Waals surface area contributed by atoms with E-state index >= 15 is 0 Å². The molecule has 1 aromatic carbocycles. The van der Waals surface area contributed by atoms with Gasteiger partial charge >= 0.3 is 0 Å². The lowest BCUT2D eigenvalue weighted by molar-refractivity contribution is 0.0917. The van der Waals surface area contributed by atoms with E-state index in [1.165, 1.54) is 12.0 Å². The number of unbranched alkanes of at least 4 members (excludes halogenated alkanes) is 3. The van der Waals surface area contributed by atoms with E-state index in [4.69, 9.17) is 0 Å². The van der Waals surface area contributed by atoms with Crippen LogP contribution in [0.1, 0.15) is 86.3 Å². The fraction of sp³-hybridized carbons (Fsp3) is 0.667. The monoisotopic (exact) mass is 348 g/mol. The molecule has 3 heteroatoms. The van der Waals surface area contributed by atoms with E-state index in [9.17, 15) is 9.36 Å². The molecule has 0 spiro atoms. The van der Waals surface area contributed by atoms with E-state index < -0.39 is 5.16 Å². The van der Waals surface area contributed by atoms with Crippen LogP contribution in [0.3, 0.4) is 0 Å². The van der Waals surface area contributed by atoms with Crippen LogP contribution >= 0.6 is 8.46 Å². The number of hydrogen-bond donors (Lipinski definition) is 0. The van der Waals surface area contributed by atoms with Crippen molar-refractivity contribution in [2.45, 2.75) is 85.2 Å². The van der Waals surface area contributed by atoms with Crippen LogP contribution in [0.25, 0.3) is 0 Å². The number of benzene rings is 1. The molecule has 0 aromatic heterocycles. The van der Waals surface area contributed by atoms with E-state index in [1.54, 1.807) is 0 Å². The molecule has 1 atom stereocenters. The zero-order valence-corrected chi connectivity index (χ0v) is 17.1. The summed E-state index contributed by atoms with van der Waals surface area (Å²) >= 11 is 0. The van der Waals surface area contributed by atoms with Gasteiger partial charge in [-0.15, -0.1) is 0 Å². The Morgan fingerprint density at radius 2 is 1.67 bits per heavy atom. The zero-order valence-electron chi connectivity index (χ0n) is 16.2. The van der Waals surface area contributed by atoms with Gasteiger partial charge in [-0.1, -0.05) is 64.2 Å². The average Bonchev–Trinajstić information content (AvgIpc) is 2.48. The first kappa shape index (κ1) is 21.0. The van der Waals surface area contributed by atoms with Crippen LogP contribution in [-0.4, -0.2) is 10.9 Å². The molecular formula is C21H33O2P. The van der Waals surface area contributed by atoms with Crippen molar-refractivity contribution in [2.24, 2.45) is 5.92 Å². The number of aryl methyl sites for hydroxylation is 3. The van der Waals surface area contributed by atoms with Crippen molar-refractivity contribution in [3.63, 3.8) is 0 Å². The van der Waals surface area contributed by atoms with Gasteiger partial charge in [0.2, 0.25) is 0 Å². The largest absolute Gasteiger partial charge is 0.293 e. The summed E-state index contributed by atoms with van der Waals surface area (Å²) in [6.07, 6.45) is 5.79. The summed E-state index contributed by atoms with van der Waals surface area (Å²) in [5, 5.41) is -0.771. The Kier molecular flexibility index (Phi) is 8.30. The van der Waals surface area contributed by atoms with Crippen molar-refractivity contribution >= 4 is 14.2 Å². The van der Waals surface area contributed by atoms with Gasteiger partial charge in [-0.3, -0.25) is 9.36 Å². The summed E-state index contributed by atoms with van der Waals surface area (Å²) in [5.74, 6) is 0.409. The van der Waals surface area contributed by atoms with Gasteiger partial charge < -0.3 is 0 Å². The number of carbonyl (C=O) groups excluding carboxylic acids is 1. The maximum absolute atomic E-state index is 13.4. The van der Waals surface area contributed by atoms with Gasteiger partial charge in [-0.2, -0.15) is 0 Å². The highest BCUT2D eigenvalue weighted by Gasteiger charge is 2.41. The first-order valence-corrected chi connectivity index (χ1v) is 10.1. The van der Waals surface area contributed by atoms with Crippen LogP contribution in [0, 0.1) is 26.7 Å². The Balaban J connectivity index is 3.22. The predicted octanol–water partition coefficient (Wildman–Crippen LogP) is 6.84. The van der Waals surface area contributed by atoms with Crippen LogP contribution in [0.15, 0.2) is 12.1 Å². The minimum Gasteiger partial charge on any atom is -0.293 e. The molecule has 0 bridgehead atoms. The third-order valence-corrected chi connectivity index (χ3v) is 5.65. The first-order valence-electron chi connectivity index (χ1n) is 9.24. The van der Waals surface area contributed by atoms with Crippen LogP contribution in [-0.2, 0) is 4.57 Å². The minimum atomic E-state index is -0.771. The van der Waals surface area contributed by atoms with Gasteiger partial charge in [0.15, 0.2) is 14.2 Å². The number of rotatable bonds is 10. The second kappa shape index (κ2) is 9.47. The summed E-state index contributed by atoms with van der Waals surface area (Å²) in [5.41, 5.74) is 3.95. The lowest BCUT2D eigenvalue weighted by atomic mass is 9.82. The maximum atomic E-state index is 13.4. The molecule has 0 saturated carbocycles. The van der Waals surface area contributed by atoms with Crippen molar-refractivity contribution in [1.29, 1.82) is 0 Å². The minimum absolute atomic E-state index is 0.0255. The molecular weight excluding hydrogens is 315 g/mol. The average molecular weight is 348 g/mol. The Bertz CT molecular complexity index is 554. The van der Waals surface area contributed by atoms with Crippen LogP contribution < -0.4 is 0 Å². The summed E-state index contributed by atoms with van der Waals surface area (Å²) in [7, 11) is -0.0255. The highest BCUT2D eigenvalue weighted by atomic mass is 31.1. The third kappa shape index (κ3) is 5.24. The van der Waals surface area contributed by atoms with Gasteiger partial charge in [-0.25, -0.2) is 0 Å². The van der Waals surface area contributed by atoms with Crippen molar-refractivity contribution < 1.29 is 9.36 Å². The Morgan fingerprint density at radius 1 is 1.08 bits per heavy atom. The molecule has 2 nitrogen and oxygen atoms in total. The standard InChI is InChI=1S/C21H33O2P/c1-7-8-9-10-11-21(24-23,14-15(2)3)20(22)19-17(5)12-16(4)13-18(19)6/h12-13,15H,7-11,14H2,1-6H3. The molecule has 0 amide bonds. The molecule has 1 rings (SSSR count). The van der Waals surface area contributed by atoms with Gasteiger partial charge in [0.25, 0.3) is 0 Å². The molecule has 0 fully saturated rings. The topological polar surface area (TPSA) is 34.1 Å². The van der Waals surface area contributed by atoms with Crippen molar-refractivity contribution in [1.82, 2.24) is 0 Å². The molecule has 0 saturated heterocycles. The number of Topliss-reactive ketones (excluding diaryl/α,β-unsaturated/α-hetero) is 1. The molecule has 0 N–H and O–H groups in total. The molecule has 134 valence electrons.